The number of carbonyl (C=O) groups is 2. The summed E-state index contributed by atoms with van der Waals surface area (Å²) in [7, 11) is -3.75. The molecule has 3 heterocycles. The summed E-state index contributed by atoms with van der Waals surface area (Å²) in [5.41, 5.74) is 2.48. The summed E-state index contributed by atoms with van der Waals surface area (Å²) < 4.78 is 39.2. The normalized spacial score (nSPS) is 17.0. The maximum atomic E-state index is 13.2. The number of aromatic nitrogens is 1. The minimum Gasteiger partial charge on any atom is -0.481 e. The average Bonchev–Trinajstić information content (AvgIpc) is 3.74. The molecule has 1 saturated heterocycles. The van der Waals surface area contributed by atoms with Crippen molar-refractivity contribution in [3.05, 3.63) is 47.0 Å². The average molecular weight is 583 g/mol. The Morgan fingerprint density at radius 3 is 2.37 bits per heavy atom. The van der Waals surface area contributed by atoms with E-state index in [0.717, 1.165) is 36.6 Å². The van der Waals surface area contributed by atoms with Gasteiger partial charge in [-0.3, -0.25) is 13.9 Å². The second kappa shape index (κ2) is 11.6. The van der Waals surface area contributed by atoms with Crippen LogP contribution in [0.25, 0.3) is 22.4 Å². The molecule has 220 valence electrons. The standard InChI is InChI=1S/C31H38N2O7S/c1-4-20-7-9-22(10-8-20)27-26(25(34)5-2)24-19-23(21-11-12-21)28(32-29(24)40-27)33(41(3,37)38)16-6-13-31(30(35)36)14-17-39-18-15-31/h7-10,19,21H,4-6,11-18H2,1-3H3,(H,35,36). The van der Waals surface area contributed by atoms with Crippen LogP contribution in [0.15, 0.2) is 34.7 Å². The molecule has 3 aromatic rings. The number of ether oxygens (including phenoxy) is 1. The van der Waals surface area contributed by atoms with Crippen molar-refractivity contribution in [1.82, 2.24) is 4.98 Å². The van der Waals surface area contributed by atoms with Gasteiger partial charge >= 0.3 is 5.97 Å². The van der Waals surface area contributed by atoms with Crippen LogP contribution in [0.4, 0.5) is 5.82 Å². The predicted molar refractivity (Wildman–Crippen MR) is 157 cm³/mol. The summed E-state index contributed by atoms with van der Waals surface area (Å²) >= 11 is 0. The van der Waals surface area contributed by atoms with Gasteiger partial charge in [-0.25, -0.2) is 8.42 Å². The van der Waals surface area contributed by atoms with Crippen LogP contribution < -0.4 is 4.31 Å². The molecule has 1 aromatic carbocycles. The van der Waals surface area contributed by atoms with Crippen molar-refractivity contribution in [3.8, 4) is 11.3 Å². The zero-order chi connectivity index (χ0) is 29.4. The molecular weight excluding hydrogens is 544 g/mol. The Bertz CT molecular complexity index is 1550. The molecule has 1 aliphatic heterocycles. The molecule has 0 unspecified atom stereocenters. The molecule has 0 spiro atoms. The maximum absolute atomic E-state index is 13.2. The number of hydrogen-bond acceptors (Lipinski definition) is 7. The molecule has 2 aliphatic rings. The molecular formula is C31H38N2O7S. The first kappa shape index (κ1) is 29.3. The number of nitrogens with zero attached hydrogens (tertiary/aromatic N) is 2. The third kappa shape index (κ3) is 5.90. The van der Waals surface area contributed by atoms with Crippen LogP contribution in [0, 0.1) is 5.41 Å². The van der Waals surface area contributed by atoms with Gasteiger partial charge in [0.2, 0.25) is 15.7 Å². The van der Waals surface area contributed by atoms with Gasteiger partial charge in [0.05, 0.1) is 22.6 Å². The predicted octanol–water partition coefficient (Wildman–Crippen LogP) is 5.95. The van der Waals surface area contributed by atoms with Gasteiger partial charge in [-0.2, -0.15) is 4.98 Å². The van der Waals surface area contributed by atoms with Crippen molar-refractivity contribution < 1.29 is 32.3 Å². The monoisotopic (exact) mass is 582 g/mol. The van der Waals surface area contributed by atoms with Crippen LogP contribution in [0.1, 0.15) is 86.2 Å². The van der Waals surface area contributed by atoms with Crippen LogP contribution >= 0.6 is 0 Å². The lowest BCUT2D eigenvalue weighted by Gasteiger charge is -2.34. The zero-order valence-corrected chi connectivity index (χ0v) is 24.8. The topological polar surface area (TPSA) is 127 Å². The number of aryl methyl sites for hydroxylation is 1. The Labute approximate surface area is 240 Å². The van der Waals surface area contributed by atoms with Crippen LogP contribution in [-0.4, -0.2) is 56.3 Å². The van der Waals surface area contributed by atoms with Crippen molar-refractivity contribution in [2.45, 2.75) is 71.1 Å². The Morgan fingerprint density at radius 1 is 1.12 bits per heavy atom. The van der Waals surface area contributed by atoms with Crippen molar-refractivity contribution in [3.63, 3.8) is 0 Å². The van der Waals surface area contributed by atoms with E-state index in [2.05, 4.69) is 6.92 Å². The molecule has 1 N–H and O–H groups in total. The lowest BCUT2D eigenvalue weighted by molar-refractivity contribution is -0.155. The number of anilines is 1. The second-order valence-electron chi connectivity index (χ2n) is 11.3. The number of benzene rings is 1. The Morgan fingerprint density at radius 2 is 1.80 bits per heavy atom. The number of hydrogen-bond donors (Lipinski definition) is 1. The van der Waals surface area contributed by atoms with E-state index in [1.165, 1.54) is 9.87 Å². The number of rotatable bonds is 12. The van der Waals surface area contributed by atoms with Crippen molar-refractivity contribution in [2.75, 3.05) is 30.3 Å². The van der Waals surface area contributed by atoms with E-state index in [1.54, 1.807) is 0 Å². The SMILES string of the molecule is CCC(=O)c1c(-c2ccc(CC)cc2)oc2nc(N(CCCC3(C(=O)O)CCOCC3)S(C)(=O)=O)c(C3CC3)cc12. The quantitative estimate of drug-likeness (QED) is 0.259. The van der Waals surface area contributed by atoms with Crippen molar-refractivity contribution in [2.24, 2.45) is 5.41 Å². The van der Waals surface area contributed by atoms with Crippen LogP contribution in [0.2, 0.25) is 0 Å². The number of ketones is 1. The molecule has 2 fully saturated rings. The first-order chi connectivity index (χ1) is 19.6. The molecule has 5 rings (SSSR count). The minimum absolute atomic E-state index is 0.0648. The smallest absolute Gasteiger partial charge is 0.309 e. The van der Waals surface area contributed by atoms with E-state index >= 15 is 0 Å². The van der Waals surface area contributed by atoms with Gasteiger partial charge in [-0.05, 0) is 68.1 Å². The van der Waals surface area contributed by atoms with Crippen LogP contribution in [-0.2, 0) is 26.0 Å². The molecule has 1 aliphatic carbocycles. The lowest BCUT2D eigenvalue weighted by Crippen LogP contribution is -2.39. The molecule has 0 amide bonds. The van der Waals surface area contributed by atoms with E-state index in [4.69, 9.17) is 14.1 Å². The lowest BCUT2D eigenvalue weighted by atomic mass is 9.76. The molecule has 2 aromatic heterocycles. The molecule has 0 atom stereocenters. The number of fused-ring (bicyclic) bond motifs is 1. The van der Waals surface area contributed by atoms with Crippen LogP contribution in [0.5, 0.6) is 0 Å². The molecule has 10 heteroatoms. The highest BCUT2D eigenvalue weighted by Gasteiger charge is 2.40. The van der Waals surface area contributed by atoms with E-state index in [1.807, 2.05) is 37.3 Å². The summed E-state index contributed by atoms with van der Waals surface area (Å²) in [5, 5.41) is 10.5. The van der Waals surface area contributed by atoms with Gasteiger partial charge in [0.25, 0.3) is 0 Å². The molecule has 1 saturated carbocycles. The number of aliphatic carboxylic acids is 1. The summed E-state index contributed by atoms with van der Waals surface area (Å²) in [6.07, 6.45) is 5.64. The number of furan rings is 1. The first-order valence-electron chi connectivity index (χ1n) is 14.5. The zero-order valence-electron chi connectivity index (χ0n) is 23.9. The third-order valence-electron chi connectivity index (χ3n) is 8.49. The number of pyridine rings is 1. The highest BCUT2D eigenvalue weighted by Crippen LogP contribution is 2.47. The van der Waals surface area contributed by atoms with Crippen molar-refractivity contribution >= 4 is 38.7 Å². The van der Waals surface area contributed by atoms with Gasteiger partial charge in [-0.1, -0.05) is 38.1 Å². The van der Waals surface area contributed by atoms with E-state index < -0.39 is 21.4 Å². The minimum atomic E-state index is -3.75. The van der Waals surface area contributed by atoms with E-state index in [9.17, 15) is 23.1 Å². The summed E-state index contributed by atoms with van der Waals surface area (Å²) in [6, 6.07) is 9.77. The number of carboxylic acid groups (broad SMARTS) is 1. The van der Waals surface area contributed by atoms with Crippen molar-refractivity contribution in [1.29, 1.82) is 0 Å². The van der Waals surface area contributed by atoms with Gasteiger partial charge in [0.1, 0.15) is 11.6 Å². The molecule has 0 bridgehead atoms. The van der Waals surface area contributed by atoms with Crippen LogP contribution in [0.3, 0.4) is 0 Å². The summed E-state index contributed by atoms with van der Waals surface area (Å²) in [5.74, 6) is -0.0531. The fraction of sp³-hybridized carbons (Fsp3) is 0.516. The number of Topliss-reactive ketones (excluding diaryl/α,β-unsaturated/α-hetero) is 1. The Hall–Kier alpha value is -3.24. The van der Waals surface area contributed by atoms with Gasteiger partial charge in [0.15, 0.2) is 5.78 Å². The largest absolute Gasteiger partial charge is 0.481 e. The Kier molecular flexibility index (Phi) is 8.25. The van der Waals surface area contributed by atoms with E-state index in [0.29, 0.717) is 67.8 Å². The summed E-state index contributed by atoms with van der Waals surface area (Å²) in [6.45, 7) is 4.74. The van der Waals surface area contributed by atoms with Gasteiger partial charge < -0.3 is 14.3 Å². The maximum Gasteiger partial charge on any atom is 0.309 e. The molecule has 41 heavy (non-hydrogen) atoms. The number of sulfonamides is 1. The number of carboxylic acids is 1. The second-order valence-corrected chi connectivity index (χ2v) is 13.2. The first-order valence-corrected chi connectivity index (χ1v) is 16.3. The number of carbonyl (C=O) groups excluding carboxylic acids is 1. The van der Waals surface area contributed by atoms with Gasteiger partial charge in [-0.15, -0.1) is 0 Å². The van der Waals surface area contributed by atoms with E-state index in [-0.39, 0.29) is 24.0 Å². The highest BCUT2D eigenvalue weighted by molar-refractivity contribution is 7.92. The highest BCUT2D eigenvalue weighted by atomic mass is 32.2. The fourth-order valence-electron chi connectivity index (χ4n) is 5.80. The fourth-order valence-corrected chi connectivity index (χ4v) is 6.72. The molecule has 9 nitrogen and oxygen atoms in total. The summed E-state index contributed by atoms with van der Waals surface area (Å²) in [4.78, 5) is 30.1. The third-order valence-corrected chi connectivity index (χ3v) is 9.65. The van der Waals surface area contributed by atoms with Gasteiger partial charge in [0, 0.05) is 31.7 Å². The Balaban J connectivity index is 1.57. The molecule has 0 radical (unpaired) electrons.